The van der Waals surface area contributed by atoms with Crippen molar-refractivity contribution < 1.29 is 14.6 Å². The number of aromatic hydroxyl groups is 1. The van der Waals surface area contributed by atoms with Crippen LogP contribution in [0.1, 0.15) is 30.9 Å². The first-order chi connectivity index (χ1) is 8.27. The molecule has 0 radical (unpaired) electrons. The molecule has 2 N–H and O–H groups in total. The van der Waals surface area contributed by atoms with Crippen LogP contribution in [0.15, 0.2) is 10.5 Å². The van der Waals surface area contributed by atoms with E-state index in [1.54, 1.807) is 0 Å². The normalized spacial score (nSPS) is 22.8. The molecule has 17 heavy (non-hydrogen) atoms. The van der Waals surface area contributed by atoms with Gasteiger partial charge in [-0.1, -0.05) is 6.42 Å². The number of ether oxygens (including phenoxy) is 2. The average molecular weight is 300 g/mol. The molecule has 1 saturated heterocycles. The van der Waals surface area contributed by atoms with E-state index in [1.165, 1.54) is 12.8 Å². The average Bonchev–Trinajstić information content (AvgIpc) is 2.83. The highest BCUT2D eigenvalue weighted by Gasteiger charge is 2.27. The van der Waals surface area contributed by atoms with Gasteiger partial charge in [0.25, 0.3) is 0 Å². The summed E-state index contributed by atoms with van der Waals surface area (Å²) in [5.41, 5.74) is 0.890. The molecule has 3 rings (SSSR count). The summed E-state index contributed by atoms with van der Waals surface area (Å²) in [6, 6.07) is 2.08. The van der Waals surface area contributed by atoms with Crippen molar-refractivity contribution in [2.24, 2.45) is 0 Å². The number of phenolic OH excluding ortho intramolecular Hbond substituents is 1. The Morgan fingerprint density at radius 1 is 1.35 bits per heavy atom. The van der Waals surface area contributed by atoms with Gasteiger partial charge in [0.05, 0.1) is 0 Å². The van der Waals surface area contributed by atoms with Gasteiger partial charge >= 0.3 is 0 Å². The second-order valence-corrected chi connectivity index (χ2v) is 5.16. The molecule has 4 nitrogen and oxygen atoms in total. The van der Waals surface area contributed by atoms with E-state index in [9.17, 15) is 5.11 Å². The predicted molar refractivity (Wildman–Crippen MR) is 66.5 cm³/mol. The third-order valence-corrected chi connectivity index (χ3v) is 4.03. The standard InChI is InChI=1S/C12H14BrNO3/c13-10-11(15)7(8-3-1-2-4-14-8)5-9-12(10)17-6-16-9/h5,8,14-15H,1-4,6H2. The number of hydrogen-bond donors (Lipinski definition) is 2. The lowest BCUT2D eigenvalue weighted by Gasteiger charge is -2.25. The quantitative estimate of drug-likeness (QED) is 0.837. The van der Waals surface area contributed by atoms with E-state index < -0.39 is 0 Å². The molecule has 1 unspecified atom stereocenters. The second kappa shape index (κ2) is 4.38. The van der Waals surface area contributed by atoms with Crippen molar-refractivity contribution in [3.8, 4) is 17.2 Å². The summed E-state index contributed by atoms with van der Waals surface area (Å²) in [5, 5.41) is 13.6. The molecule has 0 aromatic heterocycles. The Bertz CT molecular complexity index is 444. The molecule has 0 saturated carbocycles. The van der Waals surface area contributed by atoms with E-state index in [4.69, 9.17) is 9.47 Å². The number of phenols is 1. The van der Waals surface area contributed by atoms with Crippen LogP contribution in [0.5, 0.6) is 17.2 Å². The number of rotatable bonds is 1. The number of benzene rings is 1. The molecule has 0 aliphatic carbocycles. The highest BCUT2D eigenvalue weighted by molar-refractivity contribution is 9.10. The van der Waals surface area contributed by atoms with Gasteiger partial charge in [-0.3, -0.25) is 0 Å². The van der Waals surface area contributed by atoms with Gasteiger partial charge in [-0.25, -0.2) is 0 Å². The maximum atomic E-state index is 10.2. The summed E-state index contributed by atoms with van der Waals surface area (Å²) < 4.78 is 11.3. The summed E-state index contributed by atoms with van der Waals surface area (Å²) in [5.74, 6) is 1.56. The summed E-state index contributed by atoms with van der Waals surface area (Å²) in [4.78, 5) is 0. The van der Waals surface area contributed by atoms with Crippen LogP contribution < -0.4 is 14.8 Å². The molecule has 0 spiro atoms. The highest BCUT2D eigenvalue weighted by atomic mass is 79.9. The highest BCUT2D eigenvalue weighted by Crippen LogP contribution is 2.48. The van der Waals surface area contributed by atoms with Crippen molar-refractivity contribution >= 4 is 15.9 Å². The Balaban J connectivity index is 2.01. The van der Waals surface area contributed by atoms with Gasteiger partial charge in [0.1, 0.15) is 10.2 Å². The molecule has 2 aliphatic heterocycles. The van der Waals surface area contributed by atoms with E-state index in [0.29, 0.717) is 16.0 Å². The first kappa shape index (κ1) is 11.2. The zero-order valence-corrected chi connectivity index (χ0v) is 10.9. The van der Waals surface area contributed by atoms with Gasteiger partial charge in [0.15, 0.2) is 11.5 Å². The maximum absolute atomic E-state index is 10.2. The SMILES string of the molecule is Oc1c(C2CCCCN2)cc2c(c1Br)OCO2. The number of hydrogen-bond acceptors (Lipinski definition) is 4. The minimum Gasteiger partial charge on any atom is -0.506 e. The topological polar surface area (TPSA) is 50.7 Å². The van der Waals surface area contributed by atoms with Crippen LogP contribution in [0.3, 0.4) is 0 Å². The number of piperidine rings is 1. The van der Waals surface area contributed by atoms with E-state index in [-0.39, 0.29) is 18.6 Å². The van der Waals surface area contributed by atoms with Crippen LogP contribution >= 0.6 is 15.9 Å². The zero-order chi connectivity index (χ0) is 11.8. The van der Waals surface area contributed by atoms with Crippen LogP contribution in [-0.2, 0) is 0 Å². The van der Waals surface area contributed by atoms with Crippen LogP contribution in [0.2, 0.25) is 0 Å². The third-order valence-electron chi connectivity index (χ3n) is 3.29. The molecule has 1 aromatic carbocycles. The molecular weight excluding hydrogens is 286 g/mol. The lowest BCUT2D eigenvalue weighted by Crippen LogP contribution is -2.26. The first-order valence-electron chi connectivity index (χ1n) is 5.81. The second-order valence-electron chi connectivity index (χ2n) is 4.36. The van der Waals surface area contributed by atoms with Gasteiger partial charge < -0.3 is 19.9 Å². The lowest BCUT2D eigenvalue weighted by molar-refractivity contribution is 0.173. The zero-order valence-electron chi connectivity index (χ0n) is 9.33. The molecule has 1 fully saturated rings. The van der Waals surface area contributed by atoms with E-state index >= 15 is 0 Å². The van der Waals surface area contributed by atoms with Crippen molar-refractivity contribution in [3.63, 3.8) is 0 Å². The number of nitrogens with one attached hydrogen (secondary N) is 1. The molecule has 2 aliphatic rings. The lowest BCUT2D eigenvalue weighted by atomic mass is 9.96. The summed E-state index contributed by atoms with van der Waals surface area (Å²) in [6.07, 6.45) is 3.42. The van der Waals surface area contributed by atoms with Crippen LogP contribution in [0, 0.1) is 0 Å². The molecule has 0 bridgehead atoms. The van der Waals surface area contributed by atoms with Gasteiger partial charge in [-0.15, -0.1) is 0 Å². The molecule has 2 heterocycles. The summed E-state index contributed by atoms with van der Waals surface area (Å²) in [6.45, 7) is 1.21. The van der Waals surface area contributed by atoms with E-state index in [2.05, 4.69) is 21.2 Å². The van der Waals surface area contributed by atoms with Gasteiger partial charge in [0, 0.05) is 11.6 Å². The van der Waals surface area contributed by atoms with Crippen LogP contribution in [0.25, 0.3) is 0 Å². The van der Waals surface area contributed by atoms with Crippen molar-refractivity contribution in [2.75, 3.05) is 13.3 Å². The smallest absolute Gasteiger partial charge is 0.231 e. The van der Waals surface area contributed by atoms with Crippen LogP contribution in [-0.4, -0.2) is 18.4 Å². The Morgan fingerprint density at radius 3 is 3.00 bits per heavy atom. The fraction of sp³-hybridized carbons (Fsp3) is 0.500. The first-order valence-corrected chi connectivity index (χ1v) is 6.61. The van der Waals surface area contributed by atoms with E-state index in [1.807, 2.05) is 6.07 Å². The largest absolute Gasteiger partial charge is 0.506 e. The third kappa shape index (κ3) is 1.87. The Kier molecular flexibility index (Phi) is 2.88. The molecule has 5 heteroatoms. The Hall–Kier alpha value is -0.940. The molecule has 1 aromatic rings. The predicted octanol–water partition coefficient (Wildman–Crippen LogP) is 2.70. The maximum Gasteiger partial charge on any atom is 0.231 e. The molecule has 0 amide bonds. The minimum absolute atomic E-state index is 0.203. The Morgan fingerprint density at radius 2 is 2.24 bits per heavy atom. The summed E-state index contributed by atoms with van der Waals surface area (Å²) >= 11 is 3.37. The van der Waals surface area contributed by atoms with Crippen molar-refractivity contribution in [2.45, 2.75) is 25.3 Å². The molecular formula is C12H14BrNO3. The minimum atomic E-state index is 0.203. The number of fused-ring (bicyclic) bond motifs is 1. The fourth-order valence-corrected chi connectivity index (χ4v) is 2.93. The van der Waals surface area contributed by atoms with Gasteiger partial charge in [-0.05, 0) is 41.4 Å². The molecule has 92 valence electrons. The number of halogens is 1. The van der Waals surface area contributed by atoms with E-state index in [0.717, 1.165) is 18.5 Å². The van der Waals surface area contributed by atoms with Crippen molar-refractivity contribution in [3.05, 3.63) is 16.1 Å². The van der Waals surface area contributed by atoms with Crippen LogP contribution in [0.4, 0.5) is 0 Å². The van der Waals surface area contributed by atoms with Crippen molar-refractivity contribution in [1.82, 2.24) is 5.32 Å². The monoisotopic (exact) mass is 299 g/mol. The fourth-order valence-electron chi connectivity index (χ4n) is 2.39. The van der Waals surface area contributed by atoms with Crippen molar-refractivity contribution in [1.29, 1.82) is 0 Å². The Labute approximate surface area is 108 Å². The molecule has 1 atom stereocenters. The summed E-state index contributed by atoms with van der Waals surface area (Å²) in [7, 11) is 0. The van der Waals surface area contributed by atoms with Gasteiger partial charge in [0.2, 0.25) is 6.79 Å². The van der Waals surface area contributed by atoms with Gasteiger partial charge in [-0.2, -0.15) is 0 Å².